The number of sulfonamides is 1. The summed E-state index contributed by atoms with van der Waals surface area (Å²) in [7, 11) is -3.68. The van der Waals surface area contributed by atoms with Gasteiger partial charge in [0.25, 0.3) is 5.91 Å². The van der Waals surface area contributed by atoms with Crippen molar-refractivity contribution in [2.24, 2.45) is 0 Å². The molecule has 0 heterocycles. The number of hydrogen-bond acceptors (Lipinski definition) is 4. The fraction of sp³-hybridized carbons (Fsp3) is 0.286. The minimum absolute atomic E-state index is 0.0515. The van der Waals surface area contributed by atoms with E-state index in [1.807, 2.05) is 24.3 Å². The molecule has 1 fully saturated rings. The molecule has 1 saturated carbocycles. The van der Waals surface area contributed by atoms with Gasteiger partial charge in [0.1, 0.15) is 0 Å². The second-order valence-corrected chi connectivity index (χ2v) is 9.75. The Morgan fingerprint density at radius 3 is 2.64 bits per heavy atom. The van der Waals surface area contributed by atoms with Crippen molar-refractivity contribution in [2.75, 3.05) is 11.9 Å². The first-order chi connectivity index (χ1) is 13.5. The Morgan fingerprint density at radius 1 is 1.14 bits per heavy atom. The molecule has 1 aliphatic rings. The molecule has 2 aromatic rings. The fourth-order valence-electron chi connectivity index (χ4n) is 3.11. The Kier molecular flexibility index (Phi) is 6.93. The van der Waals surface area contributed by atoms with E-state index >= 15 is 0 Å². The highest BCUT2D eigenvalue weighted by molar-refractivity contribution is 8.00. The van der Waals surface area contributed by atoms with Crippen LogP contribution in [0.1, 0.15) is 36.0 Å². The molecular formula is C21H24N2O3S2. The molecule has 0 bridgehead atoms. The summed E-state index contributed by atoms with van der Waals surface area (Å²) in [4.78, 5) is 13.8. The van der Waals surface area contributed by atoms with Crippen LogP contribution in [0.3, 0.4) is 0 Å². The first-order valence-electron chi connectivity index (χ1n) is 9.27. The summed E-state index contributed by atoms with van der Waals surface area (Å²) in [5, 5.41) is 3.52. The van der Waals surface area contributed by atoms with E-state index in [4.69, 9.17) is 0 Å². The van der Waals surface area contributed by atoms with Crippen molar-refractivity contribution in [3.8, 4) is 0 Å². The van der Waals surface area contributed by atoms with Crippen molar-refractivity contribution in [3.63, 3.8) is 0 Å². The van der Waals surface area contributed by atoms with Crippen LogP contribution in [0.25, 0.3) is 0 Å². The highest BCUT2D eigenvalue weighted by atomic mass is 32.2. The average molecular weight is 417 g/mol. The van der Waals surface area contributed by atoms with E-state index in [9.17, 15) is 13.2 Å². The summed E-state index contributed by atoms with van der Waals surface area (Å²) >= 11 is 1.80. The quantitative estimate of drug-likeness (QED) is 0.624. The zero-order valence-electron chi connectivity index (χ0n) is 15.6. The summed E-state index contributed by atoms with van der Waals surface area (Å²) in [6.07, 6.45) is 6.38. The van der Waals surface area contributed by atoms with Gasteiger partial charge in [0.2, 0.25) is 10.0 Å². The average Bonchev–Trinajstić information content (AvgIpc) is 3.21. The number of para-hydroxylation sites is 1. The van der Waals surface area contributed by atoms with Crippen molar-refractivity contribution in [2.45, 2.75) is 40.7 Å². The van der Waals surface area contributed by atoms with E-state index in [1.54, 1.807) is 23.9 Å². The van der Waals surface area contributed by atoms with Crippen LogP contribution in [-0.2, 0) is 10.0 Å². The molecule has 0 radical (unpaired) electrons. The van der Waals surface area contributed by atoms with Gasteiger partial charge in [0.15, 0.2) is 0 Å². The van der Waals surface area contributed by atoms with Crippen LogP contribution in [0.2, 0.25) is 0 Å². The molecule has 0 saturated heterocycles. The highest BCUT2D eigenvalue weighted by Gasteiger charge is 2.19. The maximum atomic E-state index is 12.7. The fourth-order valence-corrected chi connectivity index (χ4v) is 5.48. The molecule has 1 aliphatic carbocycles. The van der Waals surface area contributed by atoms with Crippen LogP contribution in [0.15, 0.2) is 71.0 Å². The first-order valence-corrected chi connectivity index (χ1v) is 11.6. The van der Waals surface area contributed by atoms with Gasteiger partial charge in [-0.2, -0.15) is 0 Å². The Bertz CT molecular complexity index is 952. The Balaban J connectivity index is 1.77. The largest absolute Gasteiger partial charge is 0.321 e. The van der Waals surface area contributed by atoms with E-state index in [2.05, 4.69) is 16.6 Å². The molecule has 0 atom stereocenters. The zero-order chi connectivity index (χ0) is 20.0. The number of nitrogens with one attached hydrogen (secondary N) is 2. The highest BCUT2D eigenvalue weighted by Crippen LogP contribution is 2.38. The smallest absolute Gasteiger partial charge is 0.255 e. The second-order valence-electron chi connectivity index (χ2n) is 6.64. The molecule has 148 valence electrons. The molecule has 3 rings (SSSR count). The van der Waals surface area contributed by atoms with Crippen molar-refractivity contribution in [3.05, 3.63) is 66.7 Å². The van der Waals surface area contributed by atoms with Crippen molar-refractivity contribution in [1.29, 1.82) is 0 Å². The van der Waals surface area contributed by atoms with Crippen LogP contribution in [0.5, 0.6) is 0 Å². The number of carbonyl (C=O) groups is 1. The van der Waals surface area contributed by atoms with Gasteiger partial charge in [0.05, 0.1) is 10.6 Å². The summed E-state index contributed by atoms with van der Waals surface area (Å²) in [5.74, 6) is -0.333. The van der Waals surface area contributed by atoms with Crippen LogP contribution in [0, 0.1) is 0 Å². The maximum Gasteiger partial charge on any atom is 0.255 e. The van der Waals surface area contributed by atoms with Crippen molar-refractivity contribution in [1.82, 2.24) is 4.72 Å². The molecular weight excluding hydrogens is 392 g/mol. The molecule has 7 heteroatoms. The number of anilines is 1. The van der Waals surface area contributed by atoms with Crippen molar-refractivity contribution < 1.29 is 13.2 Å². The summed E-state index contributed by atoms with van der Waals surface area (Å²) in [5.41, 5.74) is 1.05. The van der Waals surface area contributed by atoms with Gasteiger partial charge in [-0.25, -0.2) is 13.1 Å². The predicted octanol–water partition coefficient (Wildman–Crippen LogP) is 4.44. The minimum Gasteiger partial charge on any atom is -0.321 e. The van der Waals surface area contributed by atoms with E-state index in [0.717, 1.165) is 10.6 Å². The minimum atomic E-state index is -3.68. The van der Waals surface area contributed by atoms with Crippen LogP contribution in [0.4, 0.5) is 5.69 Å². The Hall–Kier alpha value is -2.09. The lowest BCUT2D eigenvalue weighted by atomic mass is 10.2. The Labute approximate surface area is 170 Å². The molecule has 0 spiro atoms. The number of thioether (sulfide) groups is 1. The van der Waals surface area contributed by atoms with E-state index in [-0.39, 0.29) is 17.3 Å². The lowest BCUT2D eigenvalue weighted by Gasteiger charge is -2.14. The number of benzene rings is 2. The number of amides is 1. The van der Waals surface area contributed by atoms with Crippen LogP contribution >= 0.6 is 11.8 Å². The number of rotatable bonds is 8. The normalized spacial score (nSPS) is 14.7. The van der Waals surface area contributed by atoms with E-state index in [1.165, 1.54) is 43.9 Å². The lowest BCUT2D eigenvalue weighted by Crippen LogP contribution is -2.24. The molecule has 1 amide bonds. The molecule has 0 aliphatic heterocycles. The third kappa shape index (κ3) is 5.25. The maximum absolute atomic E-state index is 12.7. The summed E-state index contributed by atoms with van der Waals surface area (Å²) < 4.78 is 27.0. The summed E-state index contributed by atoms with van der Waals surface area (Å²) in [6.45, 7) is 3.63. The van der Waals surface area contributed by atoms with Crippen LogP contribution < -0.4 is 10.0 Å². The van der Waals surface area contributed by atoms with Gasteiger partial charge >= 0.3 is 0 Å². The predicted molar refractivity (Wildman–Crippen MR) is 114 cm³/mol. The first kappa shape index (κ1) is 20.6. The summed E-state index contributed by atoms with van der Waals surface area (Å²) in [6, 6.07) is 13.8. The van der Waals surface area contributed by atoms with Gasteiger partial charge in [0, 0.05) is 22.3 Å². The second kappa shape index (κ2) is 9.41. The molecule has 0 aromatic heterocycles. The molecule has 5 nitrogen and oxygen atoms in total. The van der Waals surface area contributed by atoms with Crippen LogP contribution in [-0.4, -0.2) is 26.1 Å². The van der Waals surface area contributed by atoms with Gasteiger partial charge in [-0.3, -0.25) is 4.79 Å². The number of hydrogen-bond donors (Lipinski definition) is 2. The van der Waals surface area contributed by atoms with E-state index < -0.39 is 10.0 Å². The van der Waals surface area contributed by atoms with Gasteiger partial charge in [-0.15, -0.1) is 18.3 Å². The van der Waals surface area contributed by atoms with Gasteiger partial charge < -0.3 is 5.32 Å². The molecule has 2 N–H and O–H groups in total. The topological polar surface area (TPSA) is 75.3 Å². The van der Waals surface area contributed by atoms with E-state index in [0.29, 0.717) is 10.8 Å². The molecule has 0 unspecified atom stereocenters. The lowest BCUT2D eigenvalue weighted by molar-refractivity contribution is 0.102. The number of carbonyl (C=O) groups excluding carboxylic acids is 1. The molecule has 28 heavy (non-hydrogen) atoms. The van der Waals surface area contributed by atoms with Crippen molar-refractivity contribution >= 4 is 33.4 Å². The standard InChI is InChI=1S/C21H24N2O3S2/c1-2-14-22-28(25,26)18-11-7-8-16(15-18)21(24)23-19-12-5-6-13-20(19)27-17-9-3-4-10-17/h2,5-8,11-13,15,17,22H,1,3-4,9-10,14H2,(H,23,24). The Morgan fingerprint density at radius 2 is 1.89 bits per heavy atom. The zero-order valence-corrected chi connectivity index (χ0v) is 17.2. The SMILES string of the molecule is C=CCNS(=O)(=O)c1cccc(C(=O)Nc2ccccc2SC2CCCC2)c1. The third-order valence-electron chi connectivity index (χ3n) is 4.56. The monoisotopic (exact) mass is 416 g/mol. The van der Waals surface area contributed by atoms with Gasteiger partial charge in [-0.1, -0.05) is 37.1 Å². The third-order valence-corrected chi connectivity index (χ3v) is 7.39. The molecule has 2 aromatic carbocycles. The van der Waals surface area contributed by atoms with Gasteiger partial charge in [-0.05, 0) is 43.2 Å².